The highest BCUT2D eigenvalue weighted by molar-refractivity contribution is 6.14. The number of benzene rings is 1. The Kier molecular flexibility index (Phi) is 5.16. The van der Waals surface area contributed by atoms with Crippen molar-refractivity contribution in [2.45, 2.75) is 31.6 Å². The Bertz CT molecular complexity index is 378. The normalized spacial score (nSPS) is 13.8. The van der Waals surface area contributed by atoms with E-state index in [1.165, 1.54) is 0 Å². The van der Waals surface area contributed by atoms with Crippen LogP contribution in [0.4, 0.5) is 0 Å². The first kappa shape index (κ1) is 13.7. The molecule has 0 bridgehead atoms. The zero-order valence-electron chi connectivity index (χ0n) is 9.69. The summed E-state index contributed by atoms with van der Waals surface area (Å²) < 4.78 is 4.35. The van der Waals surface area contributed by atoms with Crippen molar-refractivity contribution in [1.29, 1.82) is 0 Å². The van der Waals surface area contributed by atoms with Crippen LogP contribution in [0.15, 0.2) is 30.3 Å². The van der Waals surface area contributed by atoms with Crippen LogP contribution in [0.5, 0.6) is 0 Å². The molecule has 4 heteroatoms. The smallest absolute Gasteiger partial charge is 0.334 e. The van der Waals surface area contributed by atoms with Gasteiger partial charge in [-0.3, -0.25) is 0 Å². The largest absolute Gasteiger partial charge is 0.347 e. The van der Waals surface area contributed by atoms with E-state index in [-0.39, 0.29) is 0 Å². The monoisotopic (exact) mass is 254 g/mol. The standard InChI is InChI=1S/C13H15ClO3/c1-13(12(16)17-14,9-5-6-10-15)11-7-3-2-4-8-11/h2-4,7-8,10H,5-6,9H2,1H3. The lowest BCUT2D eigenvalue weighted by atomic mass is 9.78. The zero-order valence-corrected chi connectivity index (χ0v) is 10.4. The lowest BCUT2D eigenvalue weighted by molar-refractivity contribution is -0.140. The quantitative estimate of drug-likeness (QED) is 0.579. The summed E-state index contributed by atoms with van der Waals surface area (Å²) in [5.74, 6) is -0.490. The van der Waals surface area contributed by atoms with Gasteiger partial charge in [0.1, 0.15) is 18.2 Å². The summed E-state index contributed by atoms with van der Waals surface area (Å²) in [7, 11) is 0. The molecule has 1 aromatic rings. The molecule has 0 saturated heterocycles. The molecule has 0 amide bonds. The number of unbranched alkanes of at least 4 members (excludes halogenated alkanes) is 1. The average Bonchev–Trinajstić information content (AvgIpc) is 2.39. The van der Waals surface area contributed by atoms with Crippen molar-refractivity contribution < 1.29 is 13.9 Å². The SMILES string of the molecule is CC(CCCC=O)(C(=O)OCl)c1ccccc1. The fourth-order valence-corrected chi connectivity index (χ4v) is 1.96. The van der Waals surface area contributed by atoms with Gasteiger partial charge in [0.2, 0.25) is 0 Å². The Morgan fingerprint density at radius 2 is 2.06 bits per heavy atom. The molecule has 1 aromatic carbocycles. The molecule has 0 aromatic heterocycles. The van der Waals surface area contributed by atoms with Crippen molar-refractivity contribution in [1.82, 2.24) is 0 Å². The van der Waals surface area contributed by atoms with E-state index in [0.717, 1.165) is 11.8 Å². The van der Waals surface area contributed by atoms with E-state index in [4.69, 9.17) is 11.9 Å². The minimum atomic E-state index is -0.800. The maximum Gasteiger partial charge on any atom is 0.334 e. The molecule has 0 N–H and O–H groups in total. The van der Waals surface area contributed by atoms with Gasteiger partial charge in [-0.2, -0.15) is 0 Å². The average molecular weight is 255 g/mol. The Morgan fingerprint density at radius 1 is 1.41 bits per heavy atom. The number of hydrogen-bond donors (Lipinski definition) is 0. The summed E-state index contributed by atoms with van der Waals surface area (Å²) in [5.41, 5.74) is 0.0444. The molecule has 0 heterocycles. The molecule has 0 spiro atoms. The third-order valence-corrected chi connectivity index (χ3v) is 3.07. The molecular formula is C13H15ClO3. The first-order chi connectivity index (χ1) is 8.15. The lowest BCUT2D eigenvalue weighted by Crippen LogP contribution is -2.32. The third-order valence-electron chi connectivity index (χ3n) is 2.93. The van der Waals surface area contributed by atoms with E-state index in [2.05, 4.69) is 4.29 Å². The second kappa shape index (κ2) is 6.40. The van der Waals surface area contributed by atoms with E-state index >= 15 is 0 Å². The number of hydrogen-bond acceptors (Lipinski definition) is 3. The third kappa shape index (κ3) is 3.30. The molecule has 1 unspecified atom stereocenters. The van der Waals surface area contributed by atoms with Crippen LogP contribution in [-0.4, -0.2) is 12.3 Å². The van der Waals surface area contributed by atoms with Crippen molar-refractivity contribution in [3.05, 3.63) is 35.9 Å². The molecule has 0 aliphatic carbocycles. The van der Waals surface area contributed by atoms with Gasteiger partial charge in [-0.15, -0.1) is 0 Å². The molecular weight excluding hydrogens is 240 g/mol. The van der Waals surface area contributed by atoms with Gasteiger partial charge in [-0.05, 0) is 25.3 Å². The summed E-state index contributed by atoms with van der Waals surface area (Å²) in [4.78, 5) is 22.1. The number of carbonyl (C=O) groups excluding carboxylic acids is 2. The first-order valence-electron chi connectivity index (χ1n) is 5.47. The molecule has 17 heavy (non-hydrogen) atoms. The molecule has 92 valence electrons. The molecule has 0 saturated carbocycles. The number of aldehydes is 1. The highest BCUT2D eigenvalue weighted by Crippen LogP contribution is 2.31. The fourth-order valence-electron chi connectivity index (χ4n) is 1.79. The zero-order chi connectivity index (χ0) is 12.7. The van der Waals surface area contributed by atoms with Crippen LogP contribution in [0, 0.1) is 0 Å². The molecule has 1 rings (SSSR count). The van der Waals surface area contributed by atoms with Gasteiger partial charge in [-0.25, -0.2) is 4.79 Å². The Morgan fingerprint density at radius 3 is 2.59 bits per heavy atom. The van der Waals surface area contributed by atoms with Crippen LogP contribution >= 0.6 is 11.9 Å². The van der Waals surface area contributed by atoms with Crippen LogP contribution in [-0.2, 0) is 19.3 Å². The Hall–Kier alpha value is -1.35. The van der Waals surface area contributed by atoms with Gasteiger partial charge in [0, 0.05) is 6.42 Å². The number of halogens is 1. The summed E-state index contributed by atoms with van der Waals surface area (Å²) in [5, 5.41) is 0. The molecule has 3 nitrogen and oxygen atoms in total. The fraction of sp³-hybridized carbons (Fsp3) is 0.385. The van der Waals surface area contributed by atoms with Crippen molar-refractivity contribution in [3.8, 4) is 0 Å². The molecule has 0 aliphatic heterocycles. The van der Waals surface area contributed by atoms with E-state index in [0.29, 0.717) is 19.3 Å². The van der Waals surface area contributed by atoms with Gasteiger partial charge in [0.15, 0.2) is 0 Å². The molecule has 0 fully saturated rings. The molecule has 0 aliphatic rings. The van der Waals surface area contributed by atoms with E-state index < -0.39 is 11.4 Å². The van der Waals surface area contributed by atoms with Crippen LogP contribution in [0.2, 0.25) is 0 Å². The molecule has 0 radical (unpaired) electrons. The Labute approximate surface area is 106 Å². The van der Waals surface area contributed by atoms with E-state index in [9.17, 15) is 9.59 Å². The van der Waals surface area contributed by atoms with Crippen molar-refractivity contribution >= 4 is 24.1 Å². The van der Waals surface area contributed by atoms with Crippen LogP contribution in [0.3, 0.4) is 0 Å². The summed E-state index contributed by atoms with van der Waals surface area (Å²) >= 11 is 5.18. The summed E-state index contributed by atoms with van der Waals surface area (Å²) in [6.45, 7) is 1.78. The Balaban J connectivity index is 2.93. The number of carbonyl (C=O) groups is 2. The number of rotatable bonds is 6. The van der Waals surface area contributed by atoms with Crippen LogP contribution < -0.4 is 0 Å². The van der Waals surface area contributed by atoms with Gasteiger partial charge >= 0.3 is 5.97 Å². The van der Waals surface area contributed by atoms with Gasteiger partial charge in [0.05, 0.1) is 5.41 Å². The summed E-state index contributed by atoms with van der Waals surface area (Å²) in [6, 6.07) is 9.30. The minimum absolute atomic E-state index is 0.429. The summed E-state index contributed by atoms with van der Waals surface area (Å²) in [6.07, 6.45) is 2.43. The predicted molar refractivity (Wildman–Crippen MR) is 65.7 cm³/mol. The van der Waals surface area contributed by atoms with E-state index in [1.807, 2.05) is 30.3 Å². The predicted octanol–water partition coefficient (Wildman–Crippen LogP) is 3.01. The maximum absolute atomic E-state index is 11.8. The van der Waals surface area contributed by atoms with Crippen LogP contribution in [0.25, 0.3) is 0 Å². The second-order valence-corrected chi connectivity index (χ2v) is 4.28. The highest BCUT2D eigenvalue weighted by Gasteiger charge is 2.36. The van der Waals surface area contributed by atoms with Gasteiger partial charge in [-0.1, -0.05) is 30.3 Å². The van der Waals surface area contributed by atoms with Crippen molar-refractivity contribution in [2.75, 3.05) is 0 Å². The second-order valence-electron chi connectivity index (χ2n) is 4.12. The van der Waals surface area contributed by atoms with E-state index in [1.54, 1.807) is 6.92 Å². The van der Waals surface area contributed by atoms with Crippen molar-refractivity contribution in [2.24, 2.45) is 0 Å². The maximum atomic E-state index is 11.8. The first-order valence-corrected chi connectivity index (χ1v) is 5.78. The van der Waals surface area contributed by atoms with Crippen LogP contribution in [0.1, 0.15) is 31.7 Å². The van der Waals surface area contributed by atoms with Crippen molar-refractivity contribution in [3.63, 3.8) is 0 Å². The van der Waals surface area contributed by atoms with Gasteiger partial charge in [0.25, 0.3) is 0 Å². The minimum Gasteiger partial charge on any atom is -0.347 e. The highest BCUT2D eigenvalue weighted by atomic mass is 35.5. The lowest BCUT2D eigenvalue weighted by Gasteiger charge is -2.25. The molecule has 1 atom stereocenters. The van der Waals surface area contributed by atoms with Gasteiger partial charge < -0.3 is 9.08 Å². The topological polar surface area (TPSA) is 43.4 Å².